The minimum Gasteiger partial charge on any atom is -0.391 e. The Morgan fingerprint density at radius 2 is 2.08 bits per heavy atom. The van der Waals surface area contributed by atoms with Crippen molar-refractivity contribution in [3.05, 3.63) is 35.6 Å². The molecule has 8 heteroatoms. The summed E-state index contributed by atoms with van der Waals surface area (Å²) in [5.74, 6) is 0.344. The molecule has 1 heterocycles. The van der Waals surface area contributed by atoms with Crippen LogP contribution in [-0.4, -0.2) is 60.7 Å². The Kier molecular flexibility index (Phi) is 9.73. The molecule has 1 aromatic carbocycles. The topological polar surface area (TPSA) is 77.0 Å². The first kappa shape index (κ1) is 21.6. The molecule has 0 aromatic heterocycles. The number of guanidine groups is 1. The minimum atomic E-state index is -0.309. The van der Waals surface area contributed by atoms with Crippen molar-refractivity contribution in [1.29, 1.82) is 0 Å². The van der Waals surface area contributed by atoms with E-state index in [1.807, 2.05) is 11.8 Å². The molecule has 1 aromatic rings. The van der Waals surface area contributed by atoms with Crippen molar-refractivity contribution >= 4 is 35.8 Å². The van der Waals surface area contributed by atoms with Gasteiger partial charge >= 0.3 is 0 Å². The lowest BCUT2D eigenvalue weighted by molar-refractivity contribution is -0.120. The molecule has 1 fully saturated rings. The molecule has 2 rings (SSSR count). The van der Waals surface area contributed by atoms with Gasteiger partial charge in [-0.3, -0.25) is 9.79 Å². The molecule has 0 radical (unpaired) electrons. The maximum absolute atomic E-state index is 12.8. The van der Waals surface area contributed by atoms with E-state index in [1.165, 1.54) is 12.1 Å². The third kappa shape index (κ3) is 7.55. The van der Waals surface area contributed by atoms with Gasteiger partial charge in [0.1, 0.15) is 5.82 Å². The summed E-state index contributed by atoms with van der Waals surface area (Å²) in [4.78, 5) is 18.4. The zero-order valence-corrected chi connectivity index (χ0v) is 16.7. The first-order valence-electron chi connectivity index (χ1n) is 8.31. The fourth-order valence-corrected chi connectivity index (χ4v) is 2.57. The number of carbonyl (C=O) groups excluding carboxylic acids is 1. The van der Waals surface area contributed by atoms with Crippen molar-refractivity contribution in [1.82, 2.24) is 15.5 Å². The van der Waals surface area contributed by atoms with Crippen LogP contribution in [0.4, 0.5) is 4.39 Å². The first-order valence-corrected chi connectivity index (χ1v) is 8.31. The van der Waals surface area contributed by atoms with Gasteiger partial charge in [-0.15, -0.1) is 24.0 Å². The number of aliphatic hydroxyl groups is 1. The van der Waals surface area contributed by atoms with Gasteiger partial charge < -0.3 is 20.6 Å². The average Bonchev–Trinajstić information content (AvgIpc) is 2.99. The third-order valence-corrected chi connectivity index (χ3v) is 3.77. The van der Waals surface area contributed by atoms with E-state index in [9.17, 15) is 14.3 Å². The van der Waals surface area contributed by atoms with E-state index in [2.05, 4.69) is 15.6 Å². The molecule has 6 nitrogen and oxygen atoms in total. The van der Waals surface area contributed by atoms with Crippen molar-refractivity contribution in [2.45, 2.75) is 25.9 Å². The summed E-state index contributed by atoms with van der Waals surface area (Å²) in [6.45, 7) is 5.01. The number of hydrogen-bond acceptors (Lipinski definition) is 3. The summed E-state index contributed by atoms with van der Waals surface area (Å²) in [6.07, 6.45) is 0.672. The van der Waals surface area contributed by atoms with Crippen molar-refractivity contribution in [3.8, 4) is 0 Å². The summed E-state index contributed by atoms with van der Waals surface area (Å²) >= 11 is 0. The predicted octanol–water partition coefficient (Wildman–Crippen LogP) is 1.13. The third-order valence-electron chi connectivity index (χ3n) is 3.77. The summed E-state index contributed by atoms with van der Waals surface area (Å²) in [6, 6.07) is 5.91. The number of likely N-dealkylation sites (tertiary alicyclic amines) is 1. The van der Waals surface area contributed by atoms with Gasteiger partial charge in [0.2, 0.25) is 5.91 Å². The zero-order valence-electron chi connectivity index (χ0n) is 14.4. The highest BCUT2D eigenvalue weighted by atomic mass is 127. The average molecular weight is 464 g/mol. The van der Waals surface area contributed by atoms with Crippen molar-refractivity contribution < 1.29 is 14.3 Å². The van der Waals surface area contributed by atoms with Gasteiger partial charge in [-0.1, -0.05) is 12.1 Å². The molecule has 1 saturated heterocycles. The van der Waals surface area contributed by atoms with Gasteiger partial charge in [-0.05, 0) is 31.0 Å². The van der Waals surface area contributed by atoms with Crippen molar-refractivity contribution in [2.24, 2.45) is 4.99 Å². The molecule has 1 aliphatic rings. The van der Waals surface area contributed by atoms with Crippen molar-refractivity contribution in [2.75, 3.05) is 32.7 Å². The summed E-state index contributed by atoms with van der Waals surface area (Å²) in [7, 11) is 0. The molecular formula is C17H26FIN4O2. The monoisotopic (exact) mass is 464 g/mol. The molecule has 0 unspecified atom stereocenters. The van der Waals surface area contributed by atoms with Crippen molar-refractivity contribution in [3.63, 3.8) is 0 Å². The number of β-amino-alcohol motifs (C(OH)–C–C–N with tert-alkyl or cyclic N) is 1. The Morgan fingerprint density at radius 1 is 1.36 bits per heavy atom. The molecule has 140 valence electrons. The second kappa shape index (κ2) is 11.2. The molecule has 0 bridgehead atoms. The highest BCUT2D eigenvalue weighted by molar-refractivity contribution is 14.0. The van der Waals surface area contributed by atoms with Gasteiger partial charge in [0, 0.05) is 26.2 Å². The lowest BCUT2D eigenvalue weighted by Crippen LogP contribution is -2.41. The van der Waals surface area contributed by atoms with Crippen LogP contribution in [0.1, 0.15) is 18.9 Å². The predicted molar refractivity (Wildman–Crippen MR) is 107 cm³/mol. The van der Waals surface area contributed by atoms with Gasteiger partial charge in [-0.25, -0.2) is 4.39 Å². The molecule has 0 aliphatic carbocycles. The molecule has 1 amide bonds. The van der Waals surface area contributed by atoms with E-state index in [1.54, 1.807) is 12.1 Å². The molecule has 25 heavy (non-hydrogen) atoms. The fraction of sp³-hybridized carbons (Fsp3) is 0.529. The van der Waals surface area contributed by atoms with Gasteiger partial charge in [0.05, 0.1) is 19.1 Å². The summed E-state index contributed by atoms with van der Waals surface area (Å²) in [5, 5.41) is 15.6. The standard InChI is InChI=1S/C17H25FN4O2.HI/c1-2-19-17(22-10-7-15(23)12-22)21-9-8-20-16(24)11-13-3-5-14(18)6-4-13;/h3-6,15,23H,2,7-12H2,1H3,(H,19,21)(H,20,24);1H/t15-;/m1./s1. The molecule has 1 atom stereocenters. The summed E-state index contributed by atoms with van der Waals surface area (Å²) in [5.41, 5.74) is 0.775. The first-order chi connectivity index (χ1) is 11.6. The Hall–Kier alpha value is -1.42. The summed E-state index contributed by atoms with van der Waals surface area (Å²) < 4.78 is 12.8. The second-order valence-electron chi connectivity index (χ2n) is 5.78. The molecule has 0 spiro atoms. The number of carbonyl (C=O) groups is 1. The lowest BCUT2D eigenvalue weighted by Gasteiger charge is -2.20. The van der Waals surface area contributed by atoms with E-state index in [0.717, 1.165) is 31.0 Å². The second-order valence-corrected chi connectivity index (χ2v) is 5.78. The molecular weight excluding hydrogens is 438 g/mol. The largest absolute Gasteiger partial charge is 0.391 e. The Morgan fingerprint density at radius 3 is 2.68 bits per heavy atom. The van der Waals surface area contributed by atoms with Crippen LogP contribution < -0.4 is 10.6 Å². The quantitative estimate of drug-likeness (QED) is 0.256. The van der Waals surface area contributed by atoms with Crippen LogP contribution in [0.5, 0.6) is 0 Å². The number of hydrogen-bond donors (Lipinski definition) is 3. The maximum Gasteiger partial charge on any atom is 0.224 e. The number of nitrogens with one attached hydrogen (secondary N) is 2. The van der Waals surface area contributed by atoms with Crippen LogP contribution in [0.15, 0.2) is 29.3 Å². The number of nitrogens with zero attached hydrogens (tertiary/aromatic N) is 2. The Bertz CT molecular complexity index is 568. The molecule has 1 aliphatic heterocycles. The zero-order chi connectivity index (χ0) is 17.4. The maximum atomic E-state index is 12.8. The smallest absolute Gasteiger partial charge is 0.224 e. The number of halogens is 2. The lowest BCUT2D eigenvalue weighted by atomic mass is 10.1. The minimum absolute atomic E-state index is 0. The van der Waals surface area contributed by atoms with Crippen LogP contribution in [0.3, 0.4) is 0 Å². The molecule has 0 saturated carbocycles. The Balaban J connectivity index is 0.00000312. The number of aliphatic hydroxyl groups excluding tert-OH is 1. The normalized spacial score (nSPS) is 17.2. The molecule has 3 N–H and O–H groups in total. The number of amides is 1. The van der Waals surface area contributed by atoms with Crippen LogP contribution in [0.25, 0.3) is 0 Å². The van der Waals surface area contributed by atoms with E-state index in [-0.39, 0.29) is 48.2 Å². The fourth-order valence-electron chi connectivity index (χ4n) is 2.57. The van der Waals surface area contributed by atoms with Crippen LogP contribution in [-0.2, 0) is 11.2 Å². The highest BCUT2D eigenvalue weighted by Gasteiger charge is 2.22. The van der Waals surface area contributed by atoms with Gasteiger partial charge in [0.15, 0.2) is 5.96 Å². The van der Waals surface area contributed by atoms with Gasteiger partial charge in [-0.2, -0.15) is 0 Å². The highest BCUT2D eigenvalue weighted by Crippen LogP contribution is 2.08. The van der Waals surface area contributed by atoms with E-state index in [0.29, 0.717) is 19.6 Å². The Labute approximate surface area is 164 Å². The number of aliphatic imine (C=N–C) groups is 1. The van der Waals surface area contributed by atoms with Crippen LogP contribution in [0, 0.1) is 5.82 Å². The van der Waals surface area contributed by atoms with E-state index in [4.69, 9.17) is 0 Å². The van der Waals surface area contributed by atoms with E-state index < -0.39 is 0 Å². The van der Waals surface area contributed by atoms with Crippen LogP contribution >= 0.6 is 24.0 Å². The van der Waals surface area contributed by atoms with Gasteiger partial charge in [0.25, 0.3) is 0 Å². The van der Waals surface area contributed by atoms with E-state index >= 15 is 0 Å². The SMILES string of the molecule is CCNC(=NCCNC(=O)Cc1ccc(F)cc1)N1CC[C@@H](O)C1.I. The number of benzene rings is 1. The number of rotatable bonds is 6. The van der Waals surface area contributed by atoms with Crippen LogP contribution in [0.2, 0.25) is 0 Å².